The molecular formula is C51H71N15O9. The lowest BCUT2D eigenvalue weighted by Crippen LogP contribution is -2.61. The fourth-order valence-electron chi connectivity index (χ4n) is 8.67. The van der Waals surface area contributed by atoms with Crippen molar-refractivity contribution in [2.75, 3.05) is 13.1 Å². The van der Waals surface area contributed by atoms with Gasteiger partial charge in [0.2, 0.25) is 53.2 Å². The zero-order chi connectivity index (χ0) is 54.4. The zero-order valence-electron chi connectivity index (χ0n) is 42.5. The maximum atomic E-state index is 14.9. The van der Waals surface area contributed by atoms with Crippen LogP contribution < -0.4 is 59.7 Å². The molecule has 4 aromatic rings. The average Bonchev–Trinajstić information content (AvgIpc) is 4.06. The molecule has 404 valence electrons. The van der Waals surface area contributed by atoms with Crippen LogP contribution in [0.1, 0.15) is 101 Å². The highest BCUT2D eigenvalue weighted by atomic mass is 16.2. The highest BCUT2D eigenvalue weighted by molar-refractivity contribution is 5.99. The Labute approximate surface area is 434 Å². The smallest absolute Gasteiger partial charge is 0.243 e. The molecule has 2 aromatic heterocycles. The standard InChI is InChI=1S/C51H71N15O9/c1-4-5-17-37(60-30(3)67)45(70)65-41-25-42(68)56-21-12-11-19-36(44(52)69)61-47(72)39(23-32-26-58-35-18-10-9-16-34(32)35)63-46(71)38(20-13-22-57-51(53)54)62-50(75)43(29(2)31-14-7-6-8-15-31)66-49(74)40(64-48(41)73)24-33-27-55-28-59-33/h6-10,14-16,18,26-29,36-41,43,58H,4-5,11-13,17,19-25H2,1-3H3,(H2,52,69)(H,55,59)(H,56,68)(H,60,67)(H,61,72)(H,62,75)(H,63,71)(H,64,73)(H,65,70)(H,66,74)(H4,53,54,57)/t29-,36-,37-,38-,39-,40-,41-,43-/m0/s1. The Kier molecular flexibility index (Phi) is 22.1. The molecule has 5 rings (SSSR count). The van der Waals surface area contributed by atoms with Gasteiger partial charge in [-0.3, -0.25) is 48.1 Å². The van der Waals surface area contributed by atoms with Crippen molar-refractivity contribution in [3.63, 3.8) is 0 Å². The second kappa shape index (κ2) is 28.8. The normalized spacial score (nSPS) is 21.6. The Morgan fingerprint density at radius 1 is 0.787 bits per heavy atom. The summed E-state index contributed by atoms with van der Waals surface area (Å²) in [6.07, 6.45) is 5.80. The van der Waals surface area contributed by atoms with Crippen molar-refractivity contribution in [3.8, 4) is 0 Å². The topological polar surface area (TPSA) is 385 Å². The van der Waals surface area contributed by atoms with Gasteiger partial charge in [-0.25, -0.2) is 4.98 Å². The van der Waals surface area contributed by atoms with Crippen LogP contribution in [0.2, 0.25) is 0 Å². The number of benzene rings is 2. The van der Waals surface area contributed by atoms with Crippen LogP contribution in [0, 0.1) is 0 Å². The predicted molar refractivity (Wildman–Crippen MR) is 278 cm³/mol. The number of nitrogens with two attached hydrogens (primary N) is 3. The number of guanidine groups is 1. The molecule has 24 nitrogen and oxygen atoms in total. The fourth-order valence-corrected chi connectivity index (χ4v) is 8.67. The number of hydrogen-bond donors (Lipinski definition) is 13. The van der Waals surface area contributed by atoms with Crippen molar-refractivity contribution in [1.82, 2.24) is 57.5 Å². The number of unbranched alkanes of at least 4 members (excludes halogenated alkanes) is 1. The van der Waals surface area contributed by atoms with Gasteiger partial charge in [0.15, 0.2) is 5.96 Å². The molecule has 1 saturated heterocycles. The van der Waals surface area contributed by atoms with Crippen LogP contribution in [-0.2, 0) is 56.0 Å². The first-order valence-electron chi connectivity index (χ1n) is 25.2. The number of primary amides is 1. The van der Waals surface area contributed by atoms with E-state index in [4.69, 9.17) is 17.2 Å². The summed E-state index contributed by atoms with van der Waals surface area (Å²) in [5.74, 6) is -7.89. The molecule has 0 saturated carbocycles. The molecule has 1 aliphatic rings. The summed E-state index contributed by atoms with van der Waals surface area (Å²) in [6.45, 7) is 4.94. The van der Waals surface area contributed by atoms with E-state index in [2.05, 4.69) is 62.5 Å². The van der Waals surface area contributed by atoms with Gasteiger partial charge in [-0.1, -0.05) is 75.2 Å². The molecule has 8 atom stereocenters. The lowest BCUT2D eigenvalue weighted by atomic mass is 9.91. The number of para-hydroxylation sites is 1. The predicted octanol–water partition coefficient (Wildman–Crippen LogP) is -0.687. The Bertz CT molecular complexity index is 2620. The van der Waals surface area contributed by atoms with Crippen molar-refractivity contribution >= 4 is 70.0 Å². The molecule has 1 fully saturated rings. The van der Waals surface area contributed by atoms with Crippen LogP contribution in [0.25, 0.3) is 10.9 Å². The van der Waals surface area contributed by atoms with Gasteiger partial charge < -0.3 is 69.7 Å². The summed E-state index contributed by atoms with van der Waals surface area (Å²) < 4.78 is 0. The van der Waals surface area contributed by atoms with Gasteiger partial charge in [-0.05, 0) is 55.7 Å². The number of rotatable bonds is 17. The minimum Gasteiger partial charge on any atom is -0.370 e. The second-order valence-corrected chi connectivity index (χ2v) is 18.6. The number of aromatic amines is 2. The highest BCUT2D eigenvalue weighted by Crippen LogP contribution is 2.22. The third-order valence-electron chi connectivity index (χ3n) is 12.8. The van der Waals surface area contributed by atoms with E-state index in [0.29, 0.717) is 29.7 Å². The number of imidazole rings is 1. The summed E-state index contributed by atoms with van der Waals surface area (Å²) in [4.78, 5) is 140. The van der Waals surface area contributed by atoms with E-state index in [1.807, 2.05) is 31.2 Å². The van der Waals surface area contributed by atoms with Gasteiger partial charge in [0.1, 0.15) is 42.3 Å². The largest absolute Gasteiger partial charge is 0.370 e. The van der Waals surface area contributed by atoms with Crippen molar-refractivity contribution < 1.29 is 43.2 Å². The second-order valence-electron chi connectivity index (χ2n) is 18.6. The van der Waals surface area contributed by atoms with Crippen LogP contribution in [0.4, 0.5) is 0 Å². The van der Waals surface area contributed by atoms with Crippen LogP contribution in [0.15, 0.2) is 78.3 Å². The minimum absolute atomic E-state index is 0.0390. The van der Waals surface area contributed by atoms with Crippen LogP contribution in [0.5, 0.6) is 0 Å². The number of fused-ring (bicyclic) bond motifs is 1. The van der Waals surface area contributed by atoms with E-state index in [9.17, 15) is 43.2 Å². The minimum atomic E-state index is -1.58. The van der Waals surface area contributed by atoms with Gasteiger partial charge in [0.25, 0.3) is 0 Å². The van der Waals surface area contributed by atoms with Crippen LogP contribution in [-0.4, -0.2) is 129 Å². The number of nitrogens with zero attached hydrogens (tertiary/aromatic N) is 2. The van der Waals surface area contributed by atoms with Crippen LogP contribution >= 0.6 is 0 Å². The lowest BCUT2D eigenvalue weighted by Gasteiger charge is -2.30. The number of carbonyl (C=O) groups excluding carboxylic acids is 9. The number of amides is 9. The molecule has 24 heteroatoms. The van der Waals surface area contributed by atoms with E-state index in [1.54, 1.807) is 43.5 Å². The Morgan fingerprint density at radius 3 is 2.16 bits per heavy atom. The van der Waals surface area contributed by atoms with Crippen molar-refractivity contribution in [1.29, 1.82) is 0 Å². The van der Waals surface area contributed by atoms with Crippen molar-refractivity contribution in [3.05, 3.63) is 90.1 Å². The molecule has 0 radical (unpaired) electrons. The first-order chi connectivity index (χ1) is 35.9. The fraction of sp³-hybridized carbons (Fsp3) is 0.471. The van der Waals surface area contributed by atoms with E-state index < -0.39 is 108 Å². The first kappa shape index (κ1) is 57.6. The molecule has 9 amide bonds. The summed E-state index contributed by atoms with van der Waals surface area (Å²) in [6, 6.07) is 6.67. The summed E-state index contributed by atoms with van der Waals surface area (Å²) in [5, 5.41) is 22.5. The van der Waals surface area contributed by atoms with Gasteiger partial charge in [0, 0.05) is 67.8 Å². The number of carbonyl (C=O) groups is 9. The lowest BCUT2D eigenvalue weighted by molar-refractivity contribution is -0.136. The monoisotopic (exact) mass is 1040 g/mol. The molecule has 0 aliphatic carbocycles. The van der Waals surface area contributed by atoms with Crippen LogP contribution in [0.3, 0.4) is 0 Å². The maximum absolute atomic E-state index is 14.9. The molecule has 0 bridgehead atoms. The van der Waals surface area contributed by atoms with Gasteiger partial charge in [-0.2, -0.15) is 0 Å². The SMILES string of the molecule is CCCC[C@H](NC(C)=O)C(=O)N[C@H]1CC(=O)NCCCC[C@@H](C(N)=O)NC(=O)[C@H](Cc2c[nH]c3ccccc23)NC(=O)[C@H](CCCN=C(N)N)NC(=O)[C@H]([C@@H](C)c2ccccc2)NC(=O)[C@H](Cc2cnc[nH]2)NC1=O. The molecule has 0 spiro atoms. The number of hydrogen-bond acceptors (Lipinski definition) is 11. The third kappa shape index (κ3) is 18.0. The Hall–Kier alpha value is -8.31. The van der Waals surface area contributed by atoms with Gasteiger partial charge in [0.05, 0.1) is 12.7 Å². The summed E-state index contributed by atoms with van der Waals surface area (Å²) in [5.41, 5.74) is 19.4. The number of aromatic nitrogens is 3. The highest BCUT2D eigenvalue weighted by Gasteiger charge is 2.37. The van der Waals surface area contributed by atoms with Crippen molar-refractivity contribution in [2.45, 2.75) is 140 Å². The summed E-state index contributed by atoms with van der Waals surface area (Å²) in [7, 11) is 0. The number of nitrogens with one attached hydrogen (secondary N) is 10. The van der Waals surface area contributed by atoms with Crippen molar-refractivity contribution in [2.24, 2.45) is 22.2 Å². The number of aliphatic imine (C=N–C) groups is 1. The average molecular weight is 1040 g/mol. The van der Waals surface area contributed by atoms with Gasteiger partial charge >= 0.3 is 0 Å². The quantitative estimate of drug-likeness (QED) is 0.0355. The molecule has 2 aromatic carbocycles. The molecule has 0 unspecified atom stereocenters. The van der Waals surface area contributed by atoms with E-state index in [0.717, 1.165) is 10.9 Å². The Morgan fingerprint density at radius 2 is 1.47 bits per heavy atom. The molecule has 3 heterocycles. The zero-order valence-corrected chi connectivity index (χ0v) is 42.5. The number of H-pyrrole nitrogens is 2. The van der Waals surface area contributed by atoms with E-state index in [-0.39, 0.29) is 70.4 Å². The maximum Gasteiger partial charge on any atom is 0.243 e. The summed E-state index contributed by atoms with van der Waals surface area (Å²) >= 11 is 0. The van der Waals surface area contributed by atoms with E-state index in [1.165, 1.54) is 19.4 Å². The molecule has 75 heavy (non-hydrogen) atoms. The van der Waals surface area contributed by atoms with Gasteiger partial charge in [-0.15, -0.1) is 0 Å². The third-order valence-corrected chi connectivity index (χ3v) is 12.8. The first-order valence-corrected chi connectivity index (χ1v) is 25.2. The molecule has 1 aliphatic heterocycles. The Balaban J connectivity index is 1.57. The molecule has 16 N–H and O–H groups in total. The van der Waals surface area contributed by atoms with E-state index >= 15 is 0 Å². The molecular weight excluding hydrogens is 967 g/mol.